The van der Waals surface area contributed by atoms with E-state index in [0.717, 1.165) is 13.8 Å². The molecule has 0 aromatic carbocycles. The first-order valence-electron chi connectivity index (χ1n) is 6.05. The molecule has 0 aliphatic carbocycles. The van der Waals surface area contributed by atoms with E-state index in [1.165, 1.54) is 0 Å². The van der Waals surface area contributed by atoms with Gasteiger partial charge in [0.15, 0.2) is 23.5 Å². The van der Waals surface area contributed by atoms with Crippen molar-refractivity contribution in [2.24, 2.45) is 5.92 Å². The number of carbonyl (C=O) groups is 4. The summed E-state index contributed by atoms with van der Waals surface area (Å²) in [5.41, 5.74) is 0. The molecule has 0 fully saturated rings. The summed E-state index contributed by atoms with van der Waals surface area (Å²) in [4.78, 5) is 45.4. The molecular weight excluding hydrogens is 288 g/mol. The number of aliphatic hydroxyl groups excluding tert-OH is 4. The molecule has 4 unspecified atom stereocenters. The number of carbonyl (C=O) groups excluding carboxylic acids is 3. The predicted octanol–water partition coefficient (Wildman–Crippen LogP) is -2.73. The van der Waals surface area contributed by atoms with Gasteiger partial charge in [0.25, 0.3) is 0 Å². The maximum Gasteiger partial charge on any atom is 0.332 e. The van der Waals surface area contributed by atoms with Gasteiger partial charge in [0.1, 0.15) is 24.2 Å². The molecule has 0 aliphatic rings. The van der Waals surface area contributed by atoms with Gasteiger partial charge >= 0.3 is 5.97 Å². The molecule has 0 rings (SSSR count). The van der Waals surface area contributed by atoms with Crippen molar-refractivity contribution in [1.82, 2.24) is 0 Å². The Kier molecular flexibility index (Phi) is 7.30. The van der Waals surface area contributed by atoms with Crippen molar-refractivity contribution in [1.29, 1.82) is 0 Å². The summed E-state index contributed by atoms with van der Waals surface area (Å²) in [6, 6.07) is 0. The number of carboxylic acids is 1. The third-order valence-electron chi connectivity index (χ3n) is 2.76. The molecule has 0 aromatic heterocycles. The first-order valence-corrected chi connectivity index (χ1v) is 6.05. The van der Waals surface area contributed by atoms with Gasteiger partial charge in [-0.1, -0.05) is 0 Å². The van der Waals surface area contributed by atoms with E-state index < -0.39 is 60.1 Å². The lowest BCUT2D eigenvalue weighted by Crippen LogP contribution is -2.47. The Bertz CT molecular complexity index is 406. The lowest BCUT2D eigenvalue weighted by atomic mass is 9.85. The van der Waals surface area contributed by atoms with Crippen LogP contribution >= 0.6 is 0 Å². The number of carboxylic acid groups (broad SMARTS) is 1. The SMILES string of the molecule is CC(O)C(=O)C(C(=O)C(C)O)C(O)C(=O)CC(O)C(=O)O. The molecule has 0 spiro atoms. The molecule has 9 heteroatoms. The Balaban J connectivity index is 5.25. The Morgan fingerprint density at radius 1 is 0.857 bits per heavy atom. The van der Waals surface area contributed by atoms with Crippen LogP contribution in [0.15, 0.2) is 0 Å². The summed E-state index contributed by atoms with van der Waals surface area (Å²) in [6.45, 7) is 2.02. The van der Waals surface area contributed by atoms with Crippen LogP contribution in [0.1, 0.15) is 20.3 Å². The lowest BCUT2D eigenvalue weighted by Gasteiger charge is -2.22. The van der Waals surface area contributed by atoms with Crippen LogP contribution in [0.2, 0.25) is 0 Å². The maximum absolute atomic E-state index is 11.7. The van der Waals surface area contributed by atoms with E-state index in [1.807, 2.05) is 0 Å². The number of hydrogen-bond donors (Lipinski definition) is 5. The van der Waals surface area contributed by atoms with Crippen LogP contribution in [0, 0.1) is 5.92 Å². The molecule has 9 nitrogen and oxygen atoms in total. The molecule has 0 aromatic rings. The standard InChI is InChI=1S/C12H18O9/c1-4(13)9(17)8(10(18)5(2)14)11(19)6(15)3-7(16)12(20)21/h4-5,7-8,11,13-14,16,19H,3H2,1-2H3,(H,20,21). The van der Waals surface area contributed by atoms with Crippen LogP contribution < -0.4 is 0 Å². The van der Waals surface area contributed by atoms with Crippen molar-refractivity contribution in [3.8, 4) is 0 Å². The van der Waals surface area contributed by atoms with E-state index in [1.54, 1.807) is 0 Å². The van der Waals surface area contributed by atoms with E-state index in [4.69, 9.17) is 10.2 Å². The van der Waals surface area contributed by atoms with Gasteiger partial charge in [0, 0.05) is 6.42 Å². The molecule has 0 bridgehead atoms. The molecule has 21 heavy (non-hydrogen) atoms. The number of rotatable bonds is 9. The van der Waals surface area contributed by atoms with E-state index in [-0.39, 0.29) is 0 Å². The Hall–Kier alpha value is -1.68. The minimum Gasteiger partial charge on any atom is -0.479 e. The molecule has 0 heterocycles. The van der Waals surface area contributed by atoms with Crippen molar-refractivity contribution < 1.29 is 44.7 Å². The molecule has 120 valence electrons. The number of Topliss-reactive ketones (excluding diaryl/α,β-unsaturated/α-hetero) is 3. The van der Waals surface area contributed by atoms with Gasteiger partial charge < -0.3 is 25.5 Å². The number of aliphatic hydroxyl groups is 4. The highest BCUT2D eigenvalue weighted by molar-refractivity contribution is 6.09. The van der Waals surface area contributed by atoms with E-state index in [0.29, 0.717) is 0 Å². The van der Waals surface area contributed by atoms with Crippen molar-refractivity contribution in [2.45, 2.75) is 44.7 Å². The van der Waals surface area contributed by atoms with Crippen LogP contribution in [0.5, 0.6) is 0 Å². The van der Waals surface area contributed by atoms with Crippen LogP contribution in [-0.4, -0.2) is 73.3 Å². The van der Waals surface area contributed by atoms with E-state index >= 15 is 0 Å². The molecule has 0 aliphatic heterocycles. The molecule has 5 N–H and O–H groups in total. The highest BCUT2D eigenvalue weighted by Crippen LogP contribution is 2.15. The Morgan fingerprint density at radius 2 is 1.24 bits per heavy atom. The minimum atomic E-state index is -2.26. The van der Waals surface area contributed by atoms with Gasteiger partial charge in [0.2, 0.25) is 0 Å². The van der Waals surface area contributed by atoms with Crippen LogP contribution in [-0.2, 0) is 19.2 Å². The molecule has 0 amide bonds. The monoisotopic (exact) mass is 306 g/mol. The Labute approximate surface area is 119 Å². The molecule has 4 atom stereocenters. The molecule has 0 saturated heterocycles. The molecule has 0 radical (unpaired) electrons. The van der Waals surface area contributed by atoms with Crippen LogP contribution in [0.4, 0.5) is 0 Å². The second-order valence-corrected chi connectivity index (χ2v) is 4.60. The lowest BCUT2D eigenvalue weighted by molar-refractivity contribution is -0.154. The fraction of sp³-hybridized carbons (Fsp3) is 0.667. The largest absolute Gasteiger partial charge is 0.479 e. The quantitative estimate of drug-likeness (QED) is 0.284. The molecular formula is C12H18O9. The minimum absolute atomic E-state index is 1.01. The normalized spacial score (nSPS) is 18.2. The average Bonchev–Trinajstić information content (AvgIpc) is 2.37. The van der Waals surface area contributed by atoms with Crippen molar-refractivity contribution in [3.63, 3.8) is 0 Å². The van der Waals surface area contributed by atoms with Gasteiger partial charge in [-0.2, -0.15) is 0 Å². The van der Waals surface area contributed by atoms with Gasteiger partial charge in [-0.05, 0) is 13.8 Å². The summed E-state index contributed by atoms with van der Waals surface area (Å²) in [5.74, 6) is -7.38. The summed E-state index contributed by atoms with van der Waals surface area (Å²) >= 11 is 0. The molecule has 0 saturated carbocycles. The topological polar surface area (TPSA) is 169 Å². The zero-order chi connectivity index (χ0) is 16.9. The van der Waals surface area contributed by atoms with Crippen molar-refractivity contribution in [2.75, 3.05) is 0 Å². The third kappa shape index (κ3) is 5.31. The highest BCUT2D eigenvalue weighted by atomic mass is 16.4. The van der Waals surface area contributed by atoms with E-state index in [2.05, 4.69) is 0 Å². The zero-order valence-corrected chi connectivity index (χ0v) is 11.5. The fourth-order valence-electron chi connectivity index (χ4n) is 1.56. The van der Waals surface area contributed by atoms with Crippen LogP contribution in [0.3, 0.4) is 0 Å². The average molecular weight is 306 g/mol. The van der Waals surface area contributed by atoms with Gasteiger partial charge in [-0.25, -0.2) is 4.79 Å². The zero-order valence-electron chi connectivity index (χ0n) is 11.5. The fourth-order valence-corrected chi connectivity index (χ4v) is 1.56. The van der Waals surface area contributed by atoms with Gasteiger partial charge in [0.05, 0.1) is 0 Å². The first kappa shape index (κ1) is 19.3. The summed E-state index contributed by atoms with van der Waals surface area (Å²) in [7, 11) is 0. The van der Waals surface area contributed by atoms with Crippen molar-refractivity contribution in [3.05, 3.63) is 0 Å². The highest BCUT2D eigenvalue weighted by Gasteiger charge is 2.41. The number of hydrogen-bond acceptors (Lipinski definition) is 8. The smallest absolute Gasteiger partial charge is 0.332 e. The maximum atomic E-state index is 11.7. The van der Waals surface area contributed by atoms with Crippen LogP contribution in [0.25, 0.3) is 0 Å². The summed E-state index contributed by atoms with van der Waals surface area (Å²) < 4.78 is 0. The second-order valence-electron chi connectivity index (χ2n) is 4.60. The summed E-state index contributed by atoms with van der Waals surface area (Å²) in [5, 5.41) is 45.5. The summed E-state index contributed by atoms with van der Waals surface area (Å²) in [6.07, 6.45) is -8.74. The third-order valence-corrected chi connectivity index (χ3v) is 2.76. The van der Waals surface area contributed by atoms with Gasteiger partial charge in [-0.3, -0.25) is 14.4 Å². The van der Waals surface area contributed by atoms with Gasteiger partial charge in [-0.15, -0.1) is 0 Å². The van der Waals surface area contributed by atoms with Crippen molar-refractivity contribution >= 4 is 23.3 Å². The second kappa shape index (κ2) is 7.93. The first-order chi connectivity index (χ1) is 9.50. The number of ketones is 3. The predicted molar refractivity (Wildman–Crippen MR) is 66.1 cm³/mol. The number of aliphatic carboxylic acids is 1. The Morgan fingerprint density at radius 3 is 1.52 bits per heavy atom. The van der Waals surface area contributed by atoms with E-state index in [9.17, 15) is 34.5 Å².